The third kappa shape index (κ3) is 2.54. The molecule has 1 rings (SSSR count). The lowest BCUT2D eigenvalue weighted by Crippen LogP contribution is -2.51. The number of hydrogen-bond acceptors (Lipinski definition) is 2. The van der Waals surface area contributed by atoms with E-state index in [1.165, 1.54) is 12.8 Å². The van der Waals surface area contributed by atoms with Crippen molar-refractivity contribution < 1.29 is 0 Å². The molecule has 0 radical (unpaired) electrons. The highest BCUT2D eigenvalue weighted by atomic mass is 15.2. The second-order valence-electron chi connectivity index (χ2n) is 6.27. The van der Waals surface area contributed by atoms with E-state index in [9.17, 15) is 0 Å². The van der Waals surface area contributed by atoms with Crippen LogP contribution in [0.2, 0.25) is 0 Å². The Labute approximate surface area is 95.2 Å². The molecule has 0 aromatic rings. The third-order valence-corrected chi connectivity index (χ3v) is 4.53. The lowest BCUT2D eigenvalue weighted by molar-refractivity contribution is 0.126. The number of nitrogens with two attached hydrogens (primary N) is 1. The van der Waals surface area contributed by atoms with Gasteiger partial charge in [0.25, 0.3) is 0 Å². The van der Waals surface area contributed by atoms with Crippen molar-refractivity contribution in [1.29, 1.82) is 0 Å². The van der Waals surface area contributed by atoms with Crippen molar-refractivity contribution in [3.8, 4) is 0 Å². The van der Waals surface area contributed by atoms with Gasteiger partial charge in [0.1, 0.15) is 0 Å². The second-order valence-corrected chi connectivity index (χ2v) is 6.27. The van der Waals surface area contributed by atoms with E-state index in [1.807, 2.05) is 0 Å². The zero-order valence-electron chi connectivity index (χ0n) is 11.2. The number of hydrogen-bond donors (Lipinski definition) is 1. The summed E-state index contributed by atoms with van der Waals surface area (Å²) in [6.45, 7) is 11.5. The van der Waals surface area contributed by atoms with Crippen molar-refractivity contribution in [3.63, 3.8) is 0 Å². The van der Waals surface area contributed by atoms with E-state index in [0.717, 1.165) is 0 Å². The van der Waals surface area contributed by atoms with E-state index in [-0.39, 0.29) is 0 Å². The van der Waals surface area contributed by atoms with Crippen LogP contribution in [0.25, 0.3) is 0 Å². The van der Waals surface area contributed by atoms with Crippen molar-refractivity contribution in [2.45, 2.75) is 65.6 Å². The van der Waals surface area contributed by atoms with E-state index in [1.54, 1.807) is 0 Å². The number of rotatable bonds is 3. The molecule has 2 heteroatoms. The van der Waals surface area contributed by atoms with Crippen molar-refractivity contribution in [1.82, 2.24) is 4.90 Å². The summed E-state index contributed by atoms with van der Waals surface area (Å²) < 4.78 is 0. The Balaban J connectivity index is 2.66. The fourth-order valence-corrected chi connectivity index (χ4v) is 2.62. The standard InChI is InChI=1S/C13H28N2/c1-9(2)10(3)15(6)11-7-8-13(4,5)12(11)14/h9-12H,7-8,14H2,1-6H3. The molecule has 15 heavy (non-hydrogen) atoms. The molecular weight excluding hydrogens is 184 g/mol. The second kappa shape index (κ2) is 4.42. The summed E-state index contributed by atoms with van der Waals surface area (Å²) in [5.41, 5.74) is 6.67. The molecule has 3 atom stereocenters. The van der Waals surface area contributed by atoms with Crippen LogP contribution >= 0.6 is 0 Å². The molecule has 0 heterocycles. The molecule has 0 bridgehead atoms. The largest absolute Gasteiger partial charge is 0.326 e. The smallest absolute Gasteiger partial charge is 0.0252 e. The summed E-state index contributed by atoms with van der Waals surface area (Å²) >= 11 is 0. The minimum absolute atomic E-state index is 0.315. The molecule has 0 spiro atoms. The van der Waals surface area contributed by atoms with Gasteiger partial charge in [0.2, 0.25) is 0 Å². The van der Waals surface area contributed by atoms with Gasteiger partial charge in [-0.05, 0) is 38.1 Å². The Kier molecular flexibility index (Phi) is 3.83. The molecule has 0 aromatic carbocycles. The van der Waals surface area contributed by atoms with Gasteiger partial charge in [-0.3, -0.25) is 4.90 Å². The quantitative estimate of drug-likeness (QED) is 0.779. The van der Waals surface area contributed by atoms with Crippen LogP contribution in [0.15, 0.2) is 0 Å². The number of nitrogens with zero attached hydrogens (tertiary/aromatic N) is 1. The predicted molar refractivity (Wildman–Crippen MR) is 66.8 cm³/mol. The zero-order valence-corrected chi connectivity index (χ0v) is 11.2. The van der Waals surface area contributed by atoms with Crippen molar-refractivity contribution in [3.05, 3.63) is 0 Å². The normalized spacial score (nSPS) is 32.6. The fraction of sp³-hybridized carbons (Fsp3) is 1.00. The first-order valence-electron chi connectivity index (χ1n) is 6.25. The lowest BCUT2D eigenvalue weighted by Gasteiger charge is -2.37. The van der Waals surface area contributed by atoms with E-state index < -0.39 is 0 Å². The van der Waals surface area contributed by atoms with Crippen LogP contribution in [0.1, 0.15) is 47.5 Å². The summed E-state index contributed by atoms with van der Waals surface area (Å²) in [5, 5.41) is 0. The maximum atomic E-state index is 6.35. The molecule has 0 amide bonds. The van der Waals surface area contributed by atoms with Gasteiger partial charge >= 0.3 is 0 Å². The molecule has 90 valence electrons. The van der Waals surface area contributed by atoms with Crippen LogP contribution < -0.4 is 5.73 Å². The first kappa shape index (κ1) is 13.0. The third-order valence-electron chi connectivity index (χ3n) is 4.53. The van der Waals surface area contributed by atoms with Gasteiger partial charge in [0, 0.05) is 18.1 Å². The molecule has 2 N–H and O–H groups in total. The minimum Gasteiger partial charge on any atom is -0.326 e. The summed E-state index contributed by atoms with van der Waals surface area (Å²) in [6, 6.07) is 1.51. The maximum Gasteiger partial charge on any atom is 0.0252 e. The summed E-state index contributed by atoms with van der Waals surface area (Å²) in [6.07, 6.45) is 2.51. The van der Waals surface area contributed by atoms with Crippen molar-refractivity contribution >= 4 is 0 Å². The topological polar surface area (TPSA) is 29.3 Å². The van der Waals surface area contributed by atoms with Crippen LogP contribution in [-0.4, -0.2) is 30.1 Å². The molecule has 2 nitrogen and oxygen atoms in total. The predicted octanol–water partition coefficient (Wildman–Crippen LogP) is 2.48. The maximum absolute atomic E-state index is 6.35. The van der Waals surface area contributed by atoms with Crippen LogP contribution in [0, 0.1) is 11.3 Å². The van der Waals surface area contributed by atoms with Crippen molar-refractivity contribution in [2.24, 2.45) is 17.1 Å². The lowest BCUT2D eigenvalue weighted by atomic mass is 9.86. The first-order valence-corrected chi connectivity index (χ1v) is 6.25. The van der Waals surface area contributed by atoms with Gasteiger partial charge in [-0.15, -0.1) is 0 Å². The molecule has 0 aliphatic heterocycles. The molecule has 3 unspecified atom stereocenters. The monoisotopic (exact) mass is 212 g/mol. The van der Waals surface area contributed by atoms with Gasteiger partial charge in [-0.25, -0.2) is 0 Å². The SMILES string of the molecule is CC(C)C(C)N(C)C1CCC(C)(C)C1N. The van der Waals surface area contributed by atoms with E-state index >= 15 is 0 Å². The molecular formula is C13H28N2. The van der Waals surface area contributed by atoms with Gasteiger partial charge in [0.15, 0.2) is 0 Å². The van der Waals surface area contributed by atoms with Crippen LogP contribution in [-0.2, 0) is 0 Å². The summed E-state index contributed by atoms with van der Waals surface area (Å²) in [7, 11) is 2.23. The van der Waals surface area contributed by atoms with E-state index in [4.69, 9.17) is 5.73 Å². The zero-order chi connectivity index (χ0) is 11.8. The van der Waals surface area contributed by atoms with Gasteiger partial charge in [-0.2, -0.15) is 0 Å². The van der Waals surface area contributed by atoms with Crippen LogP contribution in [0.5, 0.6) is 0 Å². The minimum atomic E-state index is 0.315. The van der Waals surface area contributed by atoms with Crippen LogP contribution in [0.3, 0.4) is 0 Å². The van der Waals surface area contributed by atoms with Crippen LogP contribution in [0.4, 0.5) is 0 Å². The molecule has 1 saturated carbocycles. The Morgan fingerprint density at radius 3 is 2.13 bits per heavy atom. The highest BCUT2D eigenvalue weighted by molar-refractivity contribution is 4.99. The average Bonchev–Trinajstić information content (AvgIpc) is 2.40. The molecule has 1 aliphatic rings. The van der Waals surface area contributed by atoms with E-state index in [0.29, 0.717) is 29.5 Å². The Morgan fingerprint density at radius 2 is 1.80 bits per heavy atom. The van der Waals surface area contributed by atoms with Crippen molar-refractivity contribution in [2.75, 3.05) is 7.05 Å². The average molecular weight is 212 g/mol. The van der Waals surface area contributed by atoms with E-state index in [2.05, 4.69) is 46.6 Å². The highest BCUT2D eigenvalue weighted by Gasteiger charge is 2.42. The molecule has 0 saturated heterocycles. The Morgan fingerprint density at radius 1 is 1.27 bits per heavy atom. The molecule has 1 fully saturated rings. The molecule has 1 aliphatic carbocycles. The molecule has 0 aromatic heterocycles. The first-order chi connectivity index (χ1) is 6.77. The highest BCUT2D eigenvalue weighted by Crippen LogP contribution is 2.39. The van der Waals surface area contributed by atoms with Gasteiger partial charge < -0.3 is 5.73 Å². The summed E-state index contributed by atoms with van der Waals surface area (Å²) in [4.78, 5) is 2.49. The fourth-order valence-electron chi connectivity index (χ4n) is 2.62. The van der Waals surface area contributed by atoms with Gasteiger partial charge in [0.05, 0.1) is 0 Å². The Bertz CT molecular complexity index is 211. The Hall–Kier alpha value is -0.0800. The number of likely N-dealkylation sites (N-methyl/N-ethyl adjacent to an activating group) is 1. The summed E-state index contributed by atoms with van der Waals surface area (Å²) in [5.74, 6) is 0.700. The van der Waals surface area contributed by atoms with Gasteiger partial charge in [-0.1, -0.05) is 27.7 Å².